The maximum absolute atomic E-state index is 9.72. The third kappa shape index (κ3) is 3.49. The Bertz CT molecular complexity index is 540. The summed E-state index contributed by atoms with van der Waals surface area (Å²) in [5.41, 5.74) is 3.19. The normalized spacial score (nSPS) is 10.6. The van der Waals surface area contributed by atoms with Crippen molar-refractivity contribution < 1.29 is 5.11 Å². The summed E-state index contributed by atoms with van der Waals surface area (Å²) in [5, 5.41) is 13.8. The molecule has 2 aromatic rings. The van der Waals surface area contributed by atoms with Crippen LogP contribution in [0.3, 0.4) is 0 Å². The molecule has 0 radical (unpaired) electrons. The predicted molar refractivity (Wildman–Crippen MR) is 74.8 cm³/mol. The molecule has 2 nitrogen and oxygen atoms in total. The molecule has 0 amide bonds. The van der Waals surface area contributed by atoms with E-state index in [0.717, 1.165) is 28.3 Å². The molecule has 0 aliphatic rings. The molecule has 94 valence electrons. The Morgan fingerprint density at radius 2 is 1.94 bits per heavy atom. The lowest BCUT2D eigenvalue weighted by Crippen LogP contribution is -2.12. The smallest absolute Gasteiger partial charge is 0.120 e. The molecule has 0 spiro atoms. The van der Waals surface area contributed by atoms with Crippen molar-refractivity contribution in [3.63, 3.8) is 0 Å². The summed E-state index contributed by atoms with van der Waals surface area (Å²) in [6, 6.07) is 13.4. The average molecular weight is 262 g/mol. The van der Waals surface area contributed by atoms with Gasteiger partial charge in [-0.15, -0.1) is 0 Å². The zero-order valence-electron chi connectivity index (χ0n) is 10.3. The molecule has 2 N–H and O–H groups in total. The van der Waals surface area contributed by atoms with Crippen LogP contribution in [0.15, 0.2) is 42.5 Å². The lowest BCUT2D eigenvalue weighted by Gasteiger charge is -2.08. The number of hydrogen-bond donors (Lipinski definition) is 2. The largest absolute Gasteiger partial charge is 0.508 e. The van der Waals surface area contributed by atoms with Crippen molar-refractivity contribution in [2.75, 3.05) is 0 Å². The van der Waals surface area contributed by atoms with E-state index in [1.807, 2.05) is 43.3 Å². The fraction of sp³-hybridized carbons (Fsp3) is 0.200. The molecule has 2 rings (SSSR count). The van der Waals surface area contributed by atoms with Gasteiger partial charge < -0.3 is 10.4 Å². The third-order valence-corrected chi connectivity index (χ3v) is 3.00. The van der Waals surface area contributed by atoms with Crippen LogP contribution in [0.25, 0.3) is 0 Å². The number of hydrogen-bond acceptors (Lipinski definition) is 2. The minimum Gasteiger partial charge on any atom is -0.508 e. The van der Waals surface area contributed by atoms with Gasteiger partial charge in [0, 0.05) is 23.7 Å². The van der Waals surface area contributed by atoms with E-state index in [1.165, 1.54) is 0 Å². The Morgan fingerprint density at radius 3 is 2.72 bits per heavy atom. The van der Waals surface area contributed by atoms with Crippen molar-refractivity contribution >= 4 is 11.6 Å². The summed E-state index contributed by atoms with van der Waals surface area (Å²) in [7, 11) is 0. The van der Waals surface area contributed by atoms with E-state index in [1.54, 1.807) is 6.07 Å². The standard InChI is InChI=1S/C15H16ClNO/c1-11-5-6-15(18)13(7-11)10-17-9-12-3-2-4-14(16)8-12/h2-8,17-18H,9-10H2,1H3. The fourth-order valence-electron chi connectivity index (χ4n) is 1.84. The number of nitrogens with one attached hydrogen (secondary N) is 1. The Balaban J connectivity index is 1.94. The molecule has 0 bridgehead atoms. The fourth-order valence-corrected chi connectivity index (χ4v) is 2.06. The zero-order chi connectivity index (χ0) is 13.0. The van der Waals surface area contributed by atoms with Gasteiger partial charge in [-0.2, -0.15) is 0 Å². The molecule has 0 aliphatic carbocycles. The summed E-state index contributed by atoms with van der Waals surface area (Å²) < 4.78 is 0. The highest BCUT2D eigenvalue weighted by atomic mass is 35.5. The third-order valence-electron chi connectivity index (χ3n) is 2.77. The summed E-state index contributed by atoms with van der Waals surface area (Å²) in [6.07, 6.45) is 0. The molecule has 0 atom stereocenters. The van der Waals surface area contributed by atoms with Gasteiger partial charge in [0.2, 0.25) is 0 Å². The summed E-state index contributed by atoms with van der Waals surface area (Å²) in [4.78, 5) is 0. The van der Waals surface area contributed by atoms with Crippen LogP contribution < -0.4 is 5.32 Å². The molecule has 3 heteroatoms. The van der Waals surface area contributed by atoms with Crippen LogP contribution >= 0.6 is 11.6 Å². The second-order valence-electron chi connectivity index (χ2n) is 4.37. The van der Waals surface area contributed by atoms with E-state index in [4.69, 9.17) is 11.6 Å². The molecule has 0 unspecified atom stereocenters. The molecule has 0 fully saturated rings. The van der Waals surface area contributed by atoms with Crippen LogP contribution in [-0.4, -0.2) is 5.11 Å². The minimum atomic E-state index is 0.333. The Kier molecular flexibility index (Phi) is 4.24. The summed E-state index contributed by atoms with van der Waals surface area (Å²) in [5.74, 6) is 0.333. The first-order chi connectivity index (χ1) is 8.65. The van der Waals surface area contributed by atoms with Crippen molar-refractivity contribution in [3.05, 3.63) is 64.2 Å². The topological polar surface area (TPSA) is 32.3 Å². The van der Waals surface area contributed by atoms with Gasteiger partial charge in [-0.25, -0.2) is 0 Å². The molecular formula is C15H16ClNO. The van der Waals surface area contributed by atoms with Gasteiger partial charge in [-0.3, -0.25) is 0 Å². The van der Waals surface area contributed by atoms with E-state index < -0.39 is 0 Å². The summed E-state index contributed by atoms with van der Waals surface area (Å²) >= 11 is 5.92. The Labute approximate surface area is 112 Å². The Hall–Kier alpha value is -1.51. The SMILES string of the molecule is Cc1ccc(O)c(CNCc2cccc(Cl)c2)c1. The van der Waals surface area contributed by atoms with Gasteiger partial charge in [0.15, 0.2) is 0 Å². The highest BCUT2D eigenvalue weighted by Crippen LogP contribution is 2.18. The average Bonchev–Trinajstić information content (AvgIpc) is 2.34. The van der Waals surface area contributed by atoms with E-state index in [-0.39, 0.29) is 0 Å². The van der Waals surface area contributed by atoms with Crippen LogP contribution in [0, 0.1) is 6.92 Å². The molecule has 0 heterocycles. The van der Waals surface area contributed by atoms with Gasteiger partial charge in [0.05, 0.1) is 0 Å². The van der Waals surface area contributed by atoms with Crippen LogP contribution in [0.2, 0.25) is 5.02 Å². The highest BCUT2D eigenvalue weighted by Gasteiger charge is 2.01. The maximum atomic E-state index is 9.72. The minimum absolute atomic E-state index is 0.333. The van der Waals surface area contributed by atoms with Crippen molar-refractivity contribution in [1.29, 1.82) is 0 Å². The number of phenolic OH excluding ortho intramolecular Hbond substituents is 1. The first-order valence-electron chi connectivity index (χ1n) is 5.89. The number of phenols is 1. The Morgan fingerprint density at radius 1 is 1.11 bits per heavy atom. The number of benzene rings is 2. The van der Waals surface area contributed by atoms with Crippen LogP contribution in [0.5, 0.6) is 5.75 Å². The lowest BCUT2D eigenvalue weighted by atomic mass is 10.1. The van der Waals surface area contributed by atoms with Gasteiger partial charge in [-0.1, -0.05) is 41.4 Å². The number of aromatic hydroxyl groups is 1. The van der Waals surface area contributed by atoms with E-state index in [9.17, 15) is 5.11 Å². The van der Waals surface area contributed by atoms with Gasteiger partial charge in [-0.05, 0) is 30.7 Å². The highest BCUT2D eigenvalue weighted by molar-refractivity contribution is 6.30. The van der Waals surface area contributed by atoms with Crippen molar-refractivity contribution in [1.82, 2.24) is 5.32 Å². The van der Waals surface area contributed by atoms with Crippen molar-refractivity contribution in [2.24, 2.45) is 0 Å². The number of rotatable bonds is 4. The quantitative estimate of drug-likeness (QED) is 0.881. The molecule has 0 saturated carbocycles. The first kappa shape index (κ1) is 12.9. The van der Waals surface area contributed by atoms with Gasteiger partial charge >= 0.3 is 0 Å². The molecule has 0 aliphatic heterocycles. The van der Waals surface area contributed by atoms with Gasteiger partial charge in [0.25, 0.3) is 0 Å². The molecule has 2 aromatic carbocycles. The van der Waals surface area contributed by atoms with E-state index >= 15 is 0 Å². The second kappa shape index (κ2) is 5.89. The number of halogens is 1. The van der Waals surface area contributed by atoms with Crippen LogP contribution in [0.1, 0.15) is 16.7 Å². The van der Waals surface area contributed by atoms with Crippen molar-refractivity contribution in [3.8, 4) is 5.75 Å². The maximum Gasteiger partial charge on any atom is 0.120 e. The van der Waals surface area contributed by atoms with Gasteiger partial charge in [0.1, 0.15) is 5.75 Å². The van der Waals surface area contributed by atoms with Crippen molar-refractivity contribution in [2.45, 2.75) is 20.0 Å². The zero-order valence-corrected chi connectivity index (χ0v) is 11.0. The van der Waals surface area contributed by atoms with E-state index in [0.29, 0.717) is 12.3 Å². The lowest BCUT2D eigenvalue weighted by molar-refractivity contribution is 0.464. The van der Waals surface area contributed by atoms with E-state index in [2.05, 4.69) is 5.32 Å². The molecular weight excluding hydrogens is 246 g/mol. The first-order valence-corrected chi connectivity index (χ1v) is 6.26. The molecule has 0 aromatic heterocycles. The molecule has 18 heavy (non-hydrogen) atoms. The number of aryl methyl sites for hydroxylation is 1. The van der Waals surface area contributed by atoms with Crippen LogP contribution in [0.4, 0.5) is 0 Å². The second-order valence-corrected chi connectivity index (χ2v) is 4.80. The predicted octanol–water partition coefficient (Wildman–Crippen LogP) is 3.64. The molecule has 0 saturated heterocycles. The monoisotopic (exact) mass is 261 g/mol. The summed E-state index contributed by atoms with van der Waals surface area (Å²) in [6.45, 7) is 3.38. The van der Waals surface area contributed by atoms with Crippen LogP contribution in [-0.2, 0) is 13.1 Å².